The molecule has 0 radical (unpaired) electrons. The number of pyridine rings is 1. The Morgan fingerprint density at radius 2 is 2.09 bits per heavy atom. The van der Waals surface area contributed by atoms with Crippen molar-refractivity contribution in [3.8, 4) is 29.8 Å². The molecule has 9 nitrogen and oxygen atoms in total. The van der Waals surface area contributed by atoms with Crippen LogP contribution in [-0.4, -0.2) is 45.2 Å². The van der Waals surface area contributed by atoms with E-state index in [1.54, 1.807) is 18.2 Å². The highest BCUT2D eigenvalue weighted by Gasteiger charge is 2.31. The molecule has 0 spiro atoms. The van der Waals surface area contributed by atoms with Gasteiger partial charge >= 0.3 is 0 Å². The predicted molar refractivity (Wildman–Crippen MR) is 134 cm³/mol. The molecule has 0 saturated heterocycles. The van der Waals surface area contributed by atoms with Crippen molar-refractivity contribution in [2.24, 2.45) is 0 Å². The number of carbonyl (C=O) groups is 2. The molecular weight excluding hydrogens is 490 g/mol. The lowest BCUT2D eigenvalue weighted by Crippen LogP contribution is -2.41. The molecule has 0 atom stereocenters. The van der Waals surface area contributed by atoms with Crippen LogP contribution in [0.5, 0.6) is 11.6 Å². The number of rotatable bonds is 5. The Labute approximate surface area is 211 Å². The van der Waals surface area contributed by atoms with Crippen molar-refractivity contribution in [2.75, 3.05) is 18.4 Å². The maximum absolute atomic E-state index is 13.5. The summed E-state index contributed by atoms with van der Waals surface area (Å²) in [6.45, 7) is 5.56. The molecule has 11 heteroatoms. The van der Waals surface area contributed by atoms with E-state index < -0.39 is 17.4 Å². The average molecular weight is 512 g/mol. The van der Waals surface area contributed by atoms with Crippen LogP contribution >= 0.6 is 23.4 Å². The van der Waals surface area contributed by atoms with Gasteiger partial charge in [-0.25, -0.2) is 9.67 Å². The average Bonchev–Trinajstić information content (AvgIpc) is 3.44. The molecule has 1 aliphatic heterocycles. The zero-order valence-corrected chi connectivity index (χ0v) is 21.0. The van der Waals surface area contributed by atoms with Gasteiger partial charge < -0.3 is 20.1 Å². The fourth-order valence-electron chi connectivity index (χ4n) is 3.40. The Morgan fingerprint density at radius 3 is 2.74 bits per heavy atom. The van der Waals surface area contributed by atoms with Gasteiger partial charge in [-0.05, 0) is 39.0 Å². The summed E-state index contributed by atoms with van der Waals surface area (Å²) in [6.07, 6.45) is 7.30. The largest absolute Gasteiger partial charge is 0.481 e. The minimum atomic E-state index is -0.602. The third kappa shape index (κ3) is 4.92. The molecule has 0 saturated carbocycles. The van der Waals surface area contributed by atoms with E-state index >= 15 is 0 Å². The fraction of sp³-hybridized carbons (Fsp3) is 0.250. The quantitative estimate of drug-likeness (QED) is 0.496. The number of halogens is 1. The number of fused-ring (bicyclic) bond motifs is 1. The normalized spacial score (nSPS) is 12.3. The van der Waals surface area contributed by atoms with Gasteiger partial charge in [-0.3, -0.25) is 9.59 Å². The van der Waals surface area contributed by atoms with E-state index in [1.807, 2.05) is 20.8 Å². The van der Waals surface area contributed by atoms with Crippen molar-refractivity contribution in [3.05, 3.63) is 52.3 Å². The summed E-state index contributed by atoms with van der Waals surface area (Å²) in [6, 6.07) is 6.43. The second-order valence-corrected chi connectivity index (χ2v) is 9.87. The van der Waals surface area contributed by atoms with Crippen molar-refractivity contribution >= 4 is 40.9 Å². The van der Waals surface area contributed by atoms with Crippen LogP contribution in [-0.2, 0) is 0 Å². The van der Waals surface area contributed by atoms with Crippen LogP contribution in [0.3, 0.4) is 0 Å². The number of ether oxygens (including phenoxy) is 2. The van der Waals surface area contributed by atoms with Crippen molar-refractivity contribution < 1.29 is 19.1 Å². The molecule has 0 aliphatic carbocycles. The number of thioether (sulfide) groups is 1. The molecule has 2 amide bonds. The first-order valence-corrected chi connectivity index (χ1v) is 11.8. The molecule has 2 aromatic heterocycles. The van der Waals surface area contributed by atoms with Gasteiger partial charge in [0, 0.05) is 17.8 Å². The number of terminal acetylenes is 1. The standard InChI is InChI=1S/C24H22ClN5O4S/c1-6-13-10-16-20(34-12-35-16)18(23(32)28-24(2,3)4)19(13)27-22(31)15-11-17(33-5)29-30(15)21-14(25)8-7-9-26-21/h1,7-11H,12H2,2-5H3,(H,27,31)(H,28,32). The van der Waals surface area contributed by atoms with Crippen LogP contribution in [0.1, 0.15) is 47.2 Å². The van der Waals surface area contributed by atoms with Crippen LogP contribution in [0, 0.1) is 12.3 Å². The van der Waals surface area contributed by atoms with Crippen LogP contribution in [0.25, 0.3) is 5.82 Å². The fourth-order valence-corrected chi connectivity index (χ4v) is 4.40. The second kappa shape index (κ2) is 9.52. The summed E-state index contributed by atoms with van der Waals surface area (Å²) in [5, 5.41) is 10.3. The summed E-state index contributed by atoms with van der Waals surface area (Å²) >= 11 is 7.71. The molecule has 35 heavy (non-hydrogen) atoms. The number of carbonyl (C=O) groups excluding carboxylic acids is 2. The minimum absolute atomic E-state index is 0.0726. The molecule has 0 bridgehead atoms. The first kappa shape index (κ1) is 24.4. The topological polar surface area (TPSA) is 107 Å². The van der Waals surface area contributed by atoms with Crippen molar-refractivity contribution in [2.45, 2.75) is 31.2 Å². The Morgan fingerprint density at radius 1 is 1.31 bits per heavy atom. The van der Waals surface area contributed by atoms with E-state index in [4.69, 9.17) is 27.5 Å². The Balaban J connectivity index is 1.83. The molecule has 3 aromatic rings. The lowest BCUT2D eigenvalue weighted by atomic mass is 10.0. The third-order valence-corrected chi connectivity index (χ3v) is 5.99. The van der Waals surface area contributed by atoms with Gasteiger partial charge in [0.1, 0.15) is 22.9 Å². The number of nitrogens with one attached hydrogen (secondary N) is 2. The molecule has 0 fully saturated rings. The van der Waals surface area contributed by atoms with Crippen molar-refractivity contribution in [1.29, 1.82) is 0 Å². The second-order valence-electron chi connectivity index (χ2n) is 8.50. The molecule has 2 N–H and O–H groups in total. The van der Waals surface area contributed by atoms with E-state index in [9.17, 15) is 9.59 Å². The molecule has 0 unspecified atom stereocenters. The molecular formula is C24H22ClN5O4S. The molecule has 1 aliphatic rings. The SMILES string of the molecule is C#Cc1cc2c(c(C(=O)NC(C)(C)C)c1NC(=O)c1cc(OC)nn1-c1ncccc1Cl)OCS2. The summed E-state index contributed by atoms with van der Waals surface area (Å²) in [5.41, 5.74) is 0.175. The van der Waals surface area contributed by atoms with E-state index in [0.717, 1.165) is 4.90 Å². The summed E-state index contributed by atoms with van der Waals surface area (Å²) in [7, 11) is 1.43. The van der Waals surface area contributed by atoms with Gasteiger partial charge in [0.2, 0.25) is 5.88 Å². The highest BCUT2D eigenvalue weighted by Crippen LogP contribution is 2.44. The summed E-state index contributed by atoms with van der Waals surface area (Å²) in [4.78, 5) is 31.8. The highest BCUT2D eigenvalue weighted by atomic mass is 35.5. The molecule has 4 rings (SSSR count). The lowest BCUT2D eigenvalue weighted by Gasteiger charge is -2.23. The number of hydrogen-bond donors (Lipinski definition) is 2. The smallest absolute Gasteiger partial charge is 0.274 e. The van der Waals surface area contributed by atoms with Gasteiger partial charge in [0.25, 0.3) is 11.8 Å². The number of benzene rings is 1. The first-order valence-electron chi connectivity index (χ1n) is 10.4. The van der Waals surface area contributed by atoms with Gasteiger partial charge in [-0.1, -0.05) is 29.3 Å². The third-order valence-electron chi connectivity index (χ3n) is 4.84. The number of nitrogens with zero attached hydrogens (tertiary/aromatic N) is 3. The van der Waals surface area contributed by atoms with Crippen LogP contribution < -0.4 is 20.1 Å². The molecule has 3 heterocycles. The van der Waals surface area contributed by atoms with Crippen LogP contribution in [0.15, 0.2) is 35.4 Å². The first-order chi connectivity index (χ1) is 16.6. The van der Waals surface area contributed by atoms with Gasteiger partial charge in [-0.2, -0.15) is 0 Å². The summed E-state index contributed by atoms with van der Waals surface area (Å²) < 4.78 is 12.2. The number of hydrogen-bond acceptors (Lipinski definition) is 7. The van der Waals surface area contributed by atoms with Gasteiger partial charge in [0.05, 0.1) is 28.3 Å². The maximum atomic E-state index is 13.5. The van der Waals surface area contributed by atoms with Gasteiger partial charge in [0.15, 0.2) is 5.82 Å². The number of methoxy groups -OCH3 is 1. The van der Waals surface area contributed by atoms with Crippen LogP contribution in [0.4, 0.5) is 5.69 Å². The Kier molecular flexibility index (Phi) is 6.65. The predicted octanol–water partition coefficient (Wildman–Crippen LogP) is 4.13. The number of amides is 2. The van der Waals surface area contributed by atoms with E-state index in [0.29, 0.717) is 17.3 Å². The lowest BCUT2D eigenvalue weighted by molar-refractivity contribution is 0.0917. The highest BCUT2D eigenvalue weighted by molar-refractivity contribution is 7.99. The number of aromatic nitrogens is 3. The van der Waals surface area contributed by atoms with E-state index in [1.165, 1.54) is 35.8 Å². The Hall–Kier alpha value is -3.68. The van der Waals surface area contributed by atoms with Crippen LogP contribution in [0.2, 0.25) is 5.02 Å². The molecule has 180 valence electrons. The van der Waals surface area contributed by atoms with E-state index in [-0.39, 0.29) is 33.7 Å². The summed E-state index contributed by atoms with van der Waals surface area (Å²) in [5.74, 6) is 2.64. The zero-order valence-electron chi connectivity index (χ0n) is 19.4. The van der Waals surface area contributed by atoms with E-state index in [2.05, 4.69) is 26.6 Å². The number of anilines is 1. The maximum Gasteiger partial charge on any atom is 0.274 e. The van der Waals surface area contributed by atoms with Crippen molar-refractivity contribution in [1.82, 2.24) is 20.1 Å². The Bertz CT molecular complexity index is 1370. The van der Waals surface area contributed by atoms with Crippen molar-refractivity contribution in [3.63, 3.8) is 0 Å². The monoisotopic (exact) mass is 511 g/mol. The van der Waals surface area contributed by atoms with Gasteiger partial charge in [-0.15, -0.1) is 11.5 Å². The zero-order chi connectivity index (χ0) is 25.3. The molecule has 1 aromatic carbocycles. The minimum Gasteiger partial charge on any atom is -0.481 e.